The molecule has 2 heterocycles. The van der Waals surface area contributed by atoms with Crippen molar-refractivity contribution in [3.05, 3.63) is 0 Å². The number of piperazine rings is 1. The number of hydrogen-bond donors (Lipinski definition) is 1. The summed E-state index contributed by atoms with van der Waals surface area (Å²) in [7, 11) is 0. The lowest BCUT2D eigenvalue weighted by atomic mass is 10.1. The highest BCUT2D eigenvalue weighted by atomic mass is 19.4. The van der Waals surface area contributed by atoms with Crippen LogP contribution in [-0.4, -0.2) is 66.6 Å². The maximum absolute atomic E-state index is 12.5. The molecule has 2 aliphatic rings. The molecule has 8 heteroatoms. The van der Waals surface area contributed by atoms with Gasteiger partial charge in [-0.3, -0.25) is 9.59 Å². The van der Waals surface area contributed by atoms with Gasteiger partial charge in [0.2, 0.25) is 5.91 Å². The Morgan fingerprint density at radius 1 is 1.11 bits per heavy atom. The molecule has 2 rings (SSSR count). The van der Waals surface area contributed by atoms with Gasteiger partial charge in [-0.05, 0) is 12.8 Å². The molecule has 5 nitrogen and oxygen atoms in total. The van der Waals surface area contributed by atoms with Crippen LogP contribution in [0.4, 0.5) is 13.2 Å². The number of halogens is 3. The molecule has 1 atom stereocenters. The van der Waals surface area contributed by atoms with Crippen LogP contribution in [0.2, 0.25) is 0 Å². The maximum atomic E-state index is 12.5. The zero-order valence-electron chi connectivity index (χ0n) is 10.4. The van der Waals surface area contributed by atoms with Gasteiger partial charge >= 0.3 is 12.1 Å². The second-order valence-corrected chi connectivity index (χ2v) is 4.73. The average Bonchev–Trinajstić information content (AvgIpc) is 2.85. The van der Waals surface area contributed by atoms with Gasteiger partial charge in [0.1, 0.15) is 6.04 Å². The third-order valence-corrected chi connectivity index (χ3v) is 3.47. The van der Waals surface area contributed by atoms with Crippen LogP contribution in [0, 0.1) is 0 Å². The molecule has 0 radical (unpaired) electrons. The van der Waals surface area contributed by atoms with Crippen molar-refractivity contribution < 1.29 is 22.8 Å². The summed E-state index contributed by atoms with van der Waals surface area (Å²) in [6.07, 6.45) is -4.17. The molecule has 108 valence electrons. The van der Waals surface area contributed by atoms with E-state index in [1.54, 1.807) is 0 Å². The highest BCUT2D eigenvalue weighted by Crippen LogP contribution is 2.26. The predicted molar refractivity (Wildman–Crippen MR) is 60.2 cm³/mol. The molecule has 1 N–H and O–H groups in total. The van der Waals surface area contributed by atoms with Crippen LogP contribution in [0.15, 0.2) is 0 Å². The lowest BCUT2D eigenvalue weighted by Gasteiger charge is -2.33. The molecule has 2 amide bonds. The fourth-order valence-electron chi connectivity index (χ4n) is 2.53. The Labute approximate surface area is 108 Å². The summed E-state index contributed by atoms with van der Waals surface area (Å²) in [6.45, 7) is 2.21. The SMILES string of the molecule is O=C(C1CCCN1C(=O)C(F)(F)F)N1CCNCC1. The second-order valence-electron chi connectivity index (χ2n) is 4.73. The van der Waals surface area contributed by atoms with Gasteiger partial charge in [0.25, 0.3) is 0 Å². The Morgan fingerprint density at radius 2 is 1.74 bits per heavy atom. The monoisotopic (exact) mass is 279 g/mol. The van der Waals surface area contributed by atoms with Crippen LogP contribution < -0.4 is 5.32 Å². The molecule has 0 saturated carbocycles. The molecule has 1 unspecified atom stereocenters. The maximum Gasteiger partial charge on any atom is 0.471 e. The van der Waals surface area contributed by atoms with E-state index in [9.17, 15) is 22.8 Å². The molecular weight excluding hydrogens is 263 g/mol. The third-order valence-electron chi connectivity index (χ3n) is 3.47. The fourth-order valence-corrected chi connectivity index (χ4v) is 2.53. The minimum atomic E-state index is -4.91. The van der Waals surface area contributed by atoms with Crippen LogP contribution in [0.25, 0.3) is 0 Å². The van der Waals surface area contributed by atoms with E-state index in [2.05, 4.69) is 5.32 Å². The van der Waals surface area contributed by atoms with Gasteiger partial charge in [0.05, 0.1) is 0 Å². The second kappa shape index (κ2) is 5.36. The number of amides is 2. The highest BCUT2D eigenvalue weighted by molar-refractivity contribution is 5.90. The van der Waals surface area contributed by atoms with E-state index in [-0.39, 0.29) is 12.5 Å². The van der Waals surface area contributed by atoms with Crippen LogP contribution in [0.3, 0.4) is 0 Å². The van der Waals surface area contributed by atoms with Crippen LogP contribution in [0.1, 0.15) is 12.8 Å². The summed E-state index contributed by atoms with van der Waals surface area (Å²) in [5.41, 5.74) is 0. The number of hydrogen-bond acceptors (Lipinski definition) is 3. The van der Waals surface area contributed by atoms with Crippen molar-refractivity contribution >= 4 is 11.8 Å². The van der Waals surface area contributed by atoms with Crippen molar-refractivity contribution in [1.29, 1.82) is 0 Å². The van der Waals surface area contributed by atoms with E-state index < -0.39 is 18.1 Å². The van der Waals surface area contributed by atoms with Crippen molar-refractivity contribution in [2.45, 2.75) is 25.1 Å². The highest BCUT2D eigenvalue weighted by Gasteiger charge is 2.48. The average molecular weight is 279 g/mol. The number of nitrogens with one attached hydrogen (secondary N) is 1. The van der Waals surface area contributed by atoms with Crippen molar-refractivity contribution in [3.8, 4) is 0 Å². The van der Waals surface area contributed by atoms with E-state index in [1.165, 1.54) is 4.90 Å². The van der Waals surface area contributed by atoms with Crippen molar-refractivity contribution in [1.82, 2.24) is 15.1 Å². The van der Waals surface area contributed by atoms with Gasteiger partial charge in [0, 0.05) is 32.7 Å². The molecule has 0 aromatic rings. The fraction of sp³-hybridized carbons (Fsp3) is 0.818. The van der Waals surface area contributed by atoms with Crippen LogP contribution >= 0.6 is 0 Å². The Hall–Kier alpha value is -1.31. The molecule has 2 aliphatic heterocycles. The summed E-state index contributed by atoms with van der Waals surface area (Å²) >= 11 is 0. The lowest BCUT2D eigenvalue weighted by Crippen LogP contribution is -2.55. The van der Waals surface area contributed by atoms with Crippen LogP contribution in [-0.2, 0) is 9.59 Å². The molecular formula is C11H16F3N3O2. The standard InChI is InChI=1S/C11H16F3N3O2/c12-11(13,14)10(19)17-5-1-2-8(17)9(18)16-6-3-15-4-7-16/h8,15H,1-7H2. The van der Waals surface area contributed by atoms with Gasteiger partial charge < -0.3 is 15.1 Å². The zero-order chi connectivity index (χ0) is 14.0. The third kappa shape index (κ3) is 2.99. The summed E-state index contributed by atoms with van der Waals surface area (Å²) in [6, 6.07) is -0.952. The van der Waals surface area contributed by atoms with E-state index in [1.807, 2.05) is 0 Å². The number of nitrogens with zero attached hydrogens (tertiary/aromatic N) is 2. The minimum absolute atomic E-state index is 0.000833. The first kappa shape index (κ1) is 14.1. The minimum Gasteiger partial charge on any atom is -0.338 e. The van der Waals surface area contributed by atoms with Crippen molar-refractivity contribution in [2.75, 3.05) is 32.7 Å². The number of likely N-dealkylation sites (tertiary alicyclic amines) is 1. The van der Waals surface area contributed by atoms with E-state index in [4.69, 9.17) is 0 Å². The first-order valence-corrected chi connectivity index (χ1v) is 6.28. The van der Waals surface area contributed by atoms with E-state index in [0.717, 1.165) is 0 Å². The van der Waals surface area contributed by atoms with Gasteiger partial charge in [-0.2, -0.15) is 13.2 Å². The number of carbonyl (C=O) groups excluding carboxylic acids is 2. The van der Waals surface area contributed by atoms with Crippen LogP contribution in [0.5, 0.6) is 0 Å². The van der Waals surface area contributed by atoms with Gasteiger partial charge in [0.15, 0.2) is 0 Å². The summed E-state index contributed by atoms with van der Waals surface area (Å²) in [5, 5.41) is 3.06. The lowest BCUT2D eigenvalue weighted by molar-refractivity contribution is -0.187. The zero-order valence-corrected chi connectivity index (χ0v) is 10.4. The Morgan fingerprint density at radius 3 is 2.32 bits per heavy atom. The van der Waals surface area contributed by atoms with Gasteiger partial charge in [-0.15, -0.1) is 0 Å². The molecule has 0 aromatic heterocycles. The number of carbonyl (C=O) groups is 2. The topological polar surface area (TPSA) is 52.7 Å². The number of alkyl halides is 3. The molecule has 0 aromatic carbocycles. The molecule has 0 aliphatic carbocycles. The summed E-state index contributed by atoms with van der Waals surface area (Å²) < 4.78 is 37.4. The first-order valence-electron chi connectivity index (χ1n) is 6.28. The summed E-state index contributed by atoms with van der Waals surface area (Å²) in [4.78, 5) is 25.7. The molecule has 0 bridgehead atoms. The molecule has 19 heavy (non-hydrogen) atoms. The smallest absolute Gasteiger partial charge is 0.338 e. The molecule has 2 fully saturated rings. The largest absolute Gasteiger partial charge is 0.471 e. The quantitative estimate of drug-likeness (QED) is 0.733. The molecule has 0 spiro atoms. The Balaban J connectivity index is 2.05. The van der Waals surface area contributed by atoms with Crippen molar-refractivity contribution in [2.24, 2.45) is 0 Å². The predicted octanol–water partition coefficient (Wildman–Crippen LogP) is -0.0285. The van der Waals surface area contributed by atoms with Gasteiger partial charge in [-0.1, -0.05) is 0 Å². The van der Waals surface area contributed by atoms with Gasteiger partial charge in [-0.25, -0.2) is 0 Å². The Kier molecular flexibility index (Phi) is 3.98. The van der Waals surface area contributed by atoms with E-state index >= 15 is 0 Å². The summed E-state index contributed by atoms with van der Waals surface area (Å²) in [5.74, 6) is -2.27. The normalized spacial score (nSPS) is 24.7. The number of rotatable bonds is 1. The Bertz CT molecular complexity index is 367. The van der Waals surface area contributed by atoms with Crippen molar-refractivity contribution in [3.63, 3.8) is 0 Å². The molecule has 2 saturated heterocycles. The van der Waals surface area contributed by atoms with E-state index in [0.29, 0.717) is 43.9 Å². The first-order chi connectivity index (χ1) is 8.91.